The number of hydrogen-bond acceptors (Lipinski definition) is 5. The van der Waals surface area contributed by atoms with Gasteiger partial charge in [-0.15, -0.1) is 34.4 Å². The van der Waals surface area contributed by atoms with Gasteiger partial charge in [0.2, 0.25) is 0 Å². The second-order valence-corrected chi connectivity index (χ2v) is 10.7. The third-order valence-corrected chi connectivity index (χ3v) is 8.57. The smallest absolute Gasteiger partial charge is 0.256 e. The maximum absolute atomic E-state index is 13.0. The predicted octanol–water partition coefficient (Wildman–Crippen LogP) is 7.12. The van der Waals surface area contributed by atoms with Crippen molar-refractivity contribution in [2.45, 2.75) is 31.1 Å². The molecule has 2 aromatic carbocycles. The number of carbonyl (C=O) groups is 1. The number of para-hydroxylation sites is 1. The molecule has 0 bridgehead atoms. The van der Waals surface area contributed by atoms with Crippen molar-refractivity contribution in [2.75, 3.05) is 11.6 Å². The van der Waals surface area contributed by atoms with Crippen molar-refractivity contribution in [2.24, 2.45) is 5.92 Å². The van der Waals surface area contributed by atoms with Gasteiger partial charge in [-0.25, -0.2) is 4.98 Å². The van der Waals surface area contributed by atoms with Gasteiger partial charge in [0, 0.05) is 20.9 Å². The van der Waals surface area contributed by atoms with Gasteiger partial charge in [0.25, 0.3) is 5.91 Å². The predicted molar refractivity (Wildman–Crippen MR) is 130 cm³/mol. The number of nitrogens with zero attached hydrogens (tertiary/aromatic N) is 1. The molecular weight excluding hydrogens is 428 g/mol. The van der Waals surface area contributed by atoms with E-state index in [2.05, 4.69) is 30.4 Å². The van der Waals surface area contributed by atoms with E-state index in [1.165, 1.54) is 21.6 Å². The lowest BCUT2D eigenvalue weighted by Crippen LogP contribution is -2.11. The first-order valence-electron chi connectivity index (χ1n) is 10.1. The molecule has 0 saturated heterocycles. The number of thiophene rings is 1. The van der Waals surface area contributed by atoms with Crippen LogP contribution in [-0.2, 0) is 12.8 Å². The minimum atomic E-state index is -0.0586. The number of rotatable bonds is 4. The van der Waals surface area contributed by atoms with E-state index in [4.69, 9.17) is 4.98 Å². The standard InChI is InChI=1S/C24H22N2OS3/c1-14-7-12-17-20(13-14)30-24(26-22(27)15-8-10-16(28-2)11-9-15)21(17)23-25-18-5-3-4-6-19(18)29-23/h3-6,8-11,14H,7,12-13H2,1-2H3,(H,26,27)/t14-/m0/s1. The molecule has 1 amide bonds. The zero-order valence-corrected chi connectivity index (χ0v) is 19.3. The number of thiazole rings is 1. The second-order valence-electron chi connectivity index (χ2n) is 7.73. The maximum atomic E-state index is 13.0. The molecule has 1 atom stereocenters. The fourth-order valence-electron chi connectivity index (χ4n) is 3.96. The molecule has 5 rings (SSSR count). The molecule has 0 saturated carbocycles. The van der Waals surface area contributed by atoms with Crippen LogP contribution in [0.1, 0.15) is 34.1 Å². The van der Waals surface area contributed by atoms with Gasteiger partial charge in [-0.1, -0.05) is 19.1 Å². The normalized spacial score (nSPS) is 15.9. The molecular formula is C24H22N2OS3. The summed E-state index contributed by atoms with van der Waals surface area (Å²) in [6, 6.07) is 16.0. The van der Waals surface area contributed by atoms with Gasteiger partial charge in [0.1, 0.15) is 10.0 Å². The van der Waals surface area contributed by atoms with Crippen LogP contribution < -0.4 is 5.32 Å². The number of fused-ring (bicyclic) bond motifs is 2. The van der Waals surface area contributed by atoms with Crippen LogP contribution in [0.3, 0.4) is 0 Å². The van der Waals surface area contributed by atoms with E-state index in [0.29, 0.717) is 11.5 Å². The Bertz CT molecular complexity index is 1190. The lowest BCUT2D eigenvalue weighted by atomic mass is 9.88. The molecule has 3 nitrogen and oxygen atoms in total. The lowest BCUT2D eigenvalue weighted by molar-refractivity contribution is 0.102. The number of benzene rings is 2. The molecule has 1 aliphatic carbocycles. The molecule has 0 spiro atoms. The zero-order valence-electron chi connectivity index (χ0n) is 16.9. The summed E-state index contributed by atoms with van der Waals surface area (Å²) in [5.41, 5.74) is 4.22. The average molecular weight is 451 g/mol. The van der Waals surface area contributed by atoms with Gasteiger partial charge >= 0.3 is 0 Å². The molecule has 0 aliphatic heterocycles. The van der Waals surface area contributed by atoms with Gasteiger partial charge in [-0.05, 0) is 73.4 Å². The number of hydrogen-bond donors (Lipinski definition) is 1. The summed E-state index contributed by atoms with van der Waals surface area (Å²) in [7, 11) is 0. The molecule has 152 valence electrons. The summed E-state index contributed by atoms with van der Waals surface area (Å²) in [5.74, 6) is 0.624. The van der Waals surface area contributed by atoms with E-state index in [0.717, 1.165) is 38.8 Å². The molecule has 6 heteroatoms. The lowest BCUT2D eigenvalue weighted by Gasteiger charge is -2.18. The molecule has 0 unspecified atom stereocenters. The minimum absolute atomic E-state index is 0.0586. The van der Waals surface area contributed by atoms with E-state index in [-0.39, 0.29) is 5.91 Å². The van der Waals surface area contributed by atoms with E-state index in [1.54, 1.807) is 34.4 Å². The second kappa shape index (κ2) is 8.17. The first kappa shape index (κ1) is 19.8. The fourth-order valence-corrected chi connectivity index (χ4v) is 6.89. The topological polar surface area (TPSA) is 42.0 Å². The summed E-state index contributed by atoms with van der Waals surface area (Å²) in [6.45, 7) is 2.31. The molecule has 0 fully saturated rings. The van der Waals surface area contributed by atoms with Crippen molar-refractivity contribution in [1.82, 2.24) is 4.98 Å². The van der Waals surface area contributed by atoms with Crippen LogP contribution in [0.25, 0.3) is 20.8 Å². The summed E-state index contributed by atoms with van der Waals surface area (Å²) in [6.07, 6.45) is 5.36. The van der Waals surface area contributed by atoms with Crippen molar-refractivity contribution in [3.05, 3.63) is 64.5 Å². The Kier molecular flexibility index (Phi) is 5.39. The highest BCUT2D eigenvalue weighted by molar-refractivity contribution is 7.98. The summed E-state index contributed by atoms with van der Waals surface area (Å²) in [5, 5.41) is 5.17. The highest BCUT2D eigenvalue weighted by Gasteiger charge is 2.27. The summed E-state index contributed by atoms with van der Waals surface area (Å²) >= 11 is 5.12. The van der Waals surface area contributed by atoms with Crippen molar-refractivity contribution in [1.29, 1.82) is 0 Å². The summed E-state index contributed by atoms with van der Waals surface area (Å²) < 4.78 is 1.18. The monoisotopic (exact) mass is 450 g/mol. The number of amides is 1. The number of carbonyl (C=O) groups excluding carboxylic acids is 1. The van der Waals surface area contributed by atoms with Gasteiger partial charge in [0.15, 0.2) is 0 Å². The third kappa shape index (κ3) is 3.68. The fraction of sp³-hybridized carbons (Fsp3) is 0.250. The van der Waals surface area contributed by atoms with E-state index in [1.807, 2.05) is 36.6 Å². The van der Waals surface area contributed by atoms with Crippen LogP contribution in [0.5, 0.6) is 0 Å². The Morgan fingerprint density at radius 3 is 2.70 bits per heavy atom. The Balaban J connectivity index is 1.56. The molecule has 1 N–H and O–H groups in total. The number of aromatic nitrogens is 1. The van der Waals surface area contributed by atoms with Gasteiger partial charge in [-0.3, -0.25) is 4.79 Å². The third-order valence-electron chi connectivity index (χ3n) is 5.60. The van der Waals surface area contributed by atoms with Crippen LogP contribution in [0.15, 0.2) is 53.4 Å². The zero-order chi connectivity index (χ0) is 20.7. The van der Waals surface area contributed by atoms with Crippen LogP contribution in [0, 0.1) is 5.92 Å². The first-order valence-corrected chi connectivity index (χ1v) is 12.9. The molecule has 1 aliphatic rings. The van der Waals surface area contributed by atoms with Gasteiger partial charge < -0.3 is 5.32 Å². The molecule has 4 aromatic rings. The number of nitrogens with one attached hydrogen (secondary N) is 1. The van der Waals surface area contributed by atoms with Crippen LogP contribution in [0.2, 0.25) is 0 Å². The largest absolute Gasteiger partial charge is 0.313 e. The van der Waals surface area contributed by atoms with Crippen molar-refractivity contribution in [3.8, 4) is 10.6 Å². The van der Waals surface area contributed by atoms with Crippen molar-refractivity contribution in [3.63, 3.8) is 0 Å². The van der Waals surface area contributed by atoms with Gasteiger partial charge in [0.05, 0.1) is 10.2 Å². The van der Waals surface area contributed by atoms with E-state index in [9.17, 15) is 4.79 Å². The number of thioether (sulfide) groups is 1. The highest BCUT2D eigenvalue weighted by Crippen LogP contribution is 2.47. The van der Waals surface area contributed by atoms with E-state index >= 15 is 0 Å². The van der Waals surface area contributed by atoms with Crippen molar-refractivity contribution >= 4 is 55.6 Å². The van der Waals surface area contributed by atoms with Crippen LogP contribution in [0.4, 0.5) is 5.00 Å². The molecule has 30 heavy (non-hydrogen) atoms. The highest BCUT2D eigenvalue weighted by atomic mass is 32.2. The Morgan fingerprint density at radius 1 is 1.13 bits per heavy atom. The number of anilines is 1. The molecule has 2 aromatic heterocycles. The van der Waals surface area contributed by atoms with Crippen LogP contribution >= 0.6 is 34.4 Å². The quantitative estimate of drug-likeness (QED) is 0.336. The average Bonchev–Trinajstić information content (AvgIpc) is 3.33. The van der Waals surface area contributed by atoms with Gasteiger partial charge in [-0.2, -0.15) is 0 Å². The Morgan fingerprint density at radius 2 is 1.93 bits per heavy atom. The maximum Gasteiger partial charge on any atom is 0.256 e. The first-order chi connectivity index (χ1) is 14.6. The SMILES string of the molecule is CSc1ccc(C(=O)Nc2sc3c(c2-c2nc4ccccc4s2)CC[C@H](C)C3)cc1. The Labute approximate surface area is 188 Å². The molecule has 0 radical (unpaired) electrons. The minimum Gasteiger partial charge on any atom is -0.313 e. The van der Waals surface area contributed by atoms with Crippen molar-refractivity contribution < 1.29 is 4.79 Å². The Hall–Kier alpha value is -2.15. The molecule has 2 heterocycles. The van der Waals surface area contributed by atoms with E-state index < -0.39 is 0 Å². The summed E-state index contributed by atoms with van der Waals surface area (Å²) in [4.78, 5) is 20.5. The van der Waals surface area contributed by atoms with Crippen LogP contribution in [-0.4, -0.2) is 17.1 Å².